The quantitative estimate of drug-likeness (QED) is 0.706. The van der Waals surface area contributed by atoms with Crippen LogP contribution in [0, 0.1) is 6.92 Å². The summed E-state index contributed by atoms with van der Waals surface area (Å²) in [7, 11) is 1.56. The Kier molecular flexibility index (Phi) is 7.37. The highest BCUT2D eigenvalue weighted by molar-refractivity contribution is 5.91. The summed E-state index contributed by atoms with van der Waals surface area (Å²) in [5, 5.41) is 7.01. The van der Waals surface area contributed by atoms with Gasteiger partial charge >= 0.3 is 0 Å². The lowest BCUT2D eigenvalue weighted by atomic mass is 10.2. The molecule has 2 aromatic rings. The maximum absolute atomic E-state index is 12.3. The molecule has 8 heteroatoms. The van der Waals surface area contributed by atoms with Crippen molar-refractivity contribution in [1.29, 1.82) is 0 Å². The molecule has 1 aromatic carbocycles. The number of nitrogens with zero attached hydrogens (tertiary/aromatic N) is 4. The van der Waals surface area contributed by atoms with Crippen LogP contribution < -0.4 is 15.8 Å². The molecule has 2 heterocycles. The Morgan fingerprint density at radius 3 is 2.66 bits per heavy atom. The number of anilines is 1. The zero-order valence-corrected chi connectivity index (χ0v) is 17.1. The number of hydrogen-bond acceptors (Lipinski definition) is 6. The summed E-state index contributed by atoms with van der Waals surface area (Å²) in [6.45, 7) is 8.01. The smallest absolute Gasteiger partial charge is 0.271 e. The Labute approximate surface area is 171 Å². The Balaban J connectivity index is 1.44. The minimum atomic E-state index is -0.269. The molecule has 3 rings (SSSR count). The van der Waals surface area contributed by atoms with Crippen molar-refractivity contribution in [3.63, 3.8) is 0 Å². The molecule has 29 heavy (non-hydrogen) atoms. The third-order valence-electron chi connectivity index (χ3n) is 5.06. The lowest BCUT2D eigenvalue weighted by Gasteiger charge is -2.36. The molecule has 8 nitrogen and oxygen atoms in total. The molecule has 0 atom stereocenters. The molecule has 0 unspecified atom stereocenters. The van der Waals surface area contributed by atoms with Crippen molar-refractivity contribution < 1.29 is 9.53 Å². The van der Waals surface area contributed by atoms with Crippen LogP contribution in [0.15, 0.2) is 41.2 Å². The lowest BCUT2D eigenvalue weighted by Crippen LogP contribution is -2.48. The van der Waals surface area contributed by atoms with Gasteiger partial charge in [-0.2, -0.15) is 5.10 Å². The Bertz CT molecular complexity index is 875. The van der Waals surface area contributed by atoms with Crippen LogP contribution in [-0.4, -0.2) is 73.6 Å². The second-order valence-electron chi connectivity index (χ2n) is 7.20. The van der Waals surface area contributed by atoms with Gasteiger partial charge in [0.25, 0.3) is 11.5 Å². The first-order chi connectivity index (χ1) is 14.1. The number of carbonyl (C=O) groups excluding carboxylic acids is 1. The second-order valence-corrected chi connectivity index (χ2v) is 7.20. The van der Waals surface area contributed by atoms with Gasteiger partial charge < -0.3 is 15.0 Å². The normalized spacial score (nSPS) is 14.8. The van der Waals surface area contributed by atoms with E-state index in [1.54, 1.807) is 7.11 Å². The van der Waals surface area contributed by atoms with Gasteiger partial charge in [0.1, 0.15) is 5.69 Å². The fourth-order valence-corrected chi connectivity index (χ4v) is 3.38. The van der Waals surface area contributed by atoms with Gasteiger partial charge in [0, 0.05) is 58.1 Å². The van der Waals surface area contributed by atoms with Crippen molar-refractivity contribution in [3.8, 4) is 0 Å². The number of ether oxygens (including phenoxy) is 1. The van der Waals surface area contributed by atoms with Crippen LogP contribution in [0.4, 0.5) is 5.69 Å². The maximum Gasteiger partial charge on any atom is 0.271 e. The zero-order chi connectivity index (χ0) is 20.6. The summed E-state index contributed by atoms with van der Waals surface area (Å²) in [5.74, 6) is -0.269. The number of aryl methyl sites for hydroxylation is 1. The third-order valence-corrected chi connectivity index (χ3v) is 5.06. The molecule has 0 bridgehead atoms. The number of nitrogens with one attached hydrogen (secondary N) is 1. The molecule has 1 amide bonds. The van der Waals surface area contributed by atoms with Gasteiger partial charge in [-0.05, 0) is 30.7 Å². The van der Waals surface area contributed by atoms with Crippen molar-refractivity contribution in [1.82, 2.24) is 20.0 Å². The average molecular weight is 399 g/mol. The van der Waals surface area contributed by atoms with Crippen LogP contribution in [0.2, 0.25) is 0 Å². The van der Waals surface area contributed by atoms with E-state index in [1.807, 2.05) is 0 Å². The second kappa shape index (κ2) is 10.2. The number of methoxy groups -OCH3 is 1. The van der Waals surface area contributed by atoms with E-state index in [9.17, 15) is 9.59 Å². The van der Waals surface area contributed by atoms with E-state index in [-0.39, 0.29) is 17.2 Å². The Morgan fingerprint density at radius 1 is 1.14 bits per heavy atom. The molecule has 0 saturated carbocycles. The minimum absolute atomic E-state index is 0.241. The zero-order valence-electron chi connectivity index (χ0n) is 17.1. The Morgan fingerprint density at radius 2 is 1.93 bits per heavy atom. The fraction of sp³-hybridized carbons (Fsp3) is 0.476. The van der Waals surface area contributed by atoms with E-state index in [1.165, 1.54) is 28.1 Å². The van der Waals surface area contributed by atoms with E-state index < -0.39 is 0 Å². The molecule has 1 aliphatic rings. The van der Waals surface area contributed by atoms with Crippen molar-refractivity contribution in [2.75, 3.05) is 57.9 Å². The van der Waals surface area contributed by atoms with E-state index in [0.717, 1.165) is 32.7 Å². The average Bonchev–Trinajstić information content (AvgIpc) is 2.73. The molecule has 1 fully saturated rings. The molecule has 0 spiro atoms. The molecule has 0 aliphatic carbocycles. The predicted molar refractivity (Wildman–Crippen MR) is 113 cm³/mol. The molecule has 1 aromatic heterocycles. The highest BCUT2D eigenvalue weighted by Crippen LogP contribution is 2.17. The molecular weight excluding hydrogens is 370 g/mol. The summed E-state index contributed by atoms with van der Waals surface area (Å²) < 4.78 is 6.22. The van der Waals surface area contributed by atoms with Crippen LogP contribution in [0.3, 0.4) is 0 Å². The van der Waals surface area contributed by atoms with E-state index in [2.05, 4.69) is 51.4 Å². The highest BCUT2D eigenvalue weighted by Gasteiger charge is 2.17. The number of aromatic nitrogens is 2. The molecular formula is C21H29N5O3. The van der Waals surface area contributed by atoms with Gasteiger partial charge in [0.2, 0.25) is 0 Å². The summed E-state index contributed by atoms with van der Waals surface area (Å²) in [4.78, 5) is 28.9. The number of rotatable bonds is 8. The first-order valence-corrected chi connectivity index (χ1v) is 9.96. The van der Waals surface area contributed by atoms with E-state index >= 15 is 0 Å². The number of hydrogen-bond donors (Lipinski definition) is 1. The summed E-state index contributed by atoms with van der Waals surface area (Å²) in [6, 6.07) is 11.4. The van der Waals surface area contributed by atoms with Crippen molar-refractivity contribution in [3.05, 3.63) is 58.0 Å². The van der Waals surface area contributed by atoms with E-state index in [0.29, 0.717) is 19.7 Å². The van der Waals surface area contributed by atoms with E-state index in [4.69, 9.17) is 4.74 Å². The molecule has 1 saturated heterocycles. The van der Waals surface area contributed by atoms with Gasteiger partial charge in [-0.3, -0.25) is 14.5 Å². The van der Waals surface area contributed by atoms with Gasteiger partial charge in [-0.1, -0.05) is 12.1 Å². The van der Waals surface area contributed by atoms with Crippen molar-refractivity contribution in [2.24, 2.45) is 0 Å². The minimum Gasteiger partial charge on any atom is -0.383 e. The van der Waals surface area contributed by atoms with Crippen LogP contribution in [0.25, 0.3) is 0 Å². The van der Waals surface area contributed by atoms with Crippen LogP contribution in [0.1, 0.15) is 16.1 Å². The largest absolute Gasteiger partial charge is 0.383 e. The van der Waals surface area contributed by atoms with Crippen LogP contribution >= 0.6 is 0 Å². The molecule has 0 radical (unpaired) electrons. The number of benzene rings is 1. The summed E-state index contributed by atoms with van der Waals surface area (Å²) >= 11 is 0. The SMILES string of the molecule is COCCn1nc(C(=O)NCCN2CCN(c3cccc(C)c3)CC2)ccc1=O. The first kappa shape index (κ1) is 21.0. The van der Waals surface area contributed by atoms with Gasteiger partial charge in [-0.15, -0.1) is 0 Å². The highest BCUT2D eigenvalue weighted by atomic mass is 16.5. The van der Waals surface area contributed by atoms with Gasteiger partial charge in [0.15, 0.2) is 0 Å². The standard InChI is InChI=1S/C21H29N5O3/c1-17-4-3-5-18(16-17)25-12-10-24(11-13-25)9-8-22-21(28)19-6-7-20(27)26(23-19)14-15-29-2/h3-7,16H,8-15H2,1-2H3,(H,22,28). The summed E-state index contributed by atoms with van der Waals surface area (Å²) in [6.07, 6.45) is 0. The van der Waals surface area contributed by atoms with Crippen LogP contribution in [0.5, 0.6) is 0 Å². The third kappa shape index (κ3) is 5.88. The molecule has 1 N–H and O–H groups in total. The summed E-state index contributed by atoms with van der Waals surface area (Å²) in [5.41, 5.74) is 2.54. The maximum atomic E-state index is 12.3. The van der Waals surface area contributed by atoms with Crippen molar-refractivity contribution >= 4 is 11.6 Å². The number of piperazine rings is 1. The van der Waals surface area contributed by atoms with Crippen molar-refractivity contribution in [2.45, 2.75) is 13.5 Å². The van der Waals surface area contributed by atoms with Gasteiger partial charge in [0.05, 0.1) is 13.2 Å². The topological polar surface area (TPSA) is 79.7 Å². The Hall–Kier alpha value is -2.71. The molecule has 156 valence electrons. The predicted octanol–water partition coefficient (Wildman–Crippen LogP) is 0.750. The number of amides is 1. The van der Waals surface area contributed by atoms with Crippen LogP contribution in [-0.2, 0) is 11.3 Å². The van der Waals surface area contributed by atoms with Gasteiger partial charge in [-0.25, -0.2) is 4.68 Å². The molecule has 1 aliphatic heterocycles. The first-order valence-electron chi connectivity index (χ1n) is 9.96. The number of carbonyl (C=O) groups is 1. The monoisotopic (exact) mass is 399 g/mol. The fourth-order valence-electron chi connectivity index (χ4n) is 3.38. The lowest BCUT2D eigenvalue weighted by molar-refractivity contribution is 0.0939.